The Labute approximate surface area is 162 Å². The van der Waals surface area contributed by atoms with E-state index >= 15 is 0 Å². The van der Waals surface area contributed by atoms with Gasteiger partial charge in [-0.25, -0.2) is 0 Å². The maximum atomic E-state index is 12.5. The van der Waals surface area contributed by atoms with Gasteiger partial charge < -0.3 is 14.2 Å². The van der Waals surface area contributed by atoms with E-state index in [9.17, 15) is 4.79 Å². The van der Waals surface area contributed by atoms with E-state index in [0.29, 0.717) is 44.3 Å². The molecule has 0 bridgehead atoms. The molecule has 27 heavy (non-hydrogen) atoms. The Bertz CT molecular complexity index is 844. The van der Waals surface area contributed by atoms with E-state index in [4.69, 9.17) is 9.26 Å². The minimum Gasteiger partial charge on any atom is -0.494 e. The third kappa shape index (κ3) is 5.17. The SMILES string of the molecule is CCOc1ccc(-c2noc(CCC(=O)N(CC)Cc3cccs3)n2)cc1. The fourth-order valence-electron chi connectivity index (χ4n) is 2.68. The number of hydrogen-bond donors (Lipinski definition) is 0. The van der Waals surface area contributed by atoms with Crippen molar-refractivity contribution in [2.24, 2.45) is 0 Å². The number of nitrogens with zero attached hydrogens (tertiary/aromatic N) is 3. The number of benzene rings is 1. The lowest BCUT2D eigenvalue weighted by Crippen LogP contribution is -2.30. The summed E-state index contributed by atoms with van der Waals surface area (Å²) < 4.78 is 10.7. The summed E-state index contributed by atoms with van der Waals surface area (Å²) in [6.07, 6.45) is 0.786. The van der Waals surface area contributed by atoms with Gasteiger partial charge in [0.2, 0.25) is 17.6 Å². The van der Waals surface area contributed by atoms with Crippen LogP contribution in [0.5, 0.6) is 5.75 Å². The van der Waals surface area contributed by atoms with Gasteiger partial charge in [-0.15, -0.1) is 11.3 Å². The Morgan fingerprint density at radius 3 is 2.70 bits per heavy atom. The summed E-state index contributed by atoms with van der Waals surface area (Å²) >= 11 is 1.66. The van der Waals surface area contributed by atoms with Crippen LogP contribution in [-0.4, -0.2) is 34.1 Å². The van der Waals surface area contributed by atoms with Gasteiger partial charge in [0.1, 0.15) is 5.75 Å². The standard InChI is InChI=1S/C20H23N3O3S/c1-3-23(14-17-6-5-13-27-17)19(24)12-11-18-21-20(22-26-18)15-7-9-16(10-8-15)25-4-2/h5-10,13H,3-4,11-12,14H2,1-2H3. The van der Waals surface area contributed by atoms with E-state index in [1.807, 2.05) is 60.5 Å². The third-order valence-corrected chi connectivity index (χ3v) is 4.97. The summed E-state index contributed by atoms with van der Waals surface area (Å²) in [6, 6.07) is 11.6. The average molecular weight is 385 g/mol. The molecule has 0 radical (unpaired) electrons. The van der Waals surface area contributed by atoms with Gasteiger partial charge in [-0.2, -0.15) is 4.98 Å². The summed E-state index contributed by atoms with van der Waals surface area (Å²) in [6.45, 7) is 5.89. The van der Waals surface area contributed by atoms with Crippen LogP contribution in [0.1, 0.15) is 31.0 Å². The highest BCUT2D eigenvalue weighted by Gasteiger charge is 2.15. The molecular weight excluding hydrogens is 362 g/mol. The molecule has 1 aromatic carbocycles. The fourth-order valence-corrected chi connectivity index (χ4v) is 3.40. The van der Waals surface area contributed by atoms with Crippen molar-refractivity contribution in [3.63, 3.8) is 0 Å². The molecule has 0 unspecified atom stereocenters. The number of aryl methyl sites for hydroxylation is 1. The van der Waals surface area contributed by atoms with E-state index in [0.717, 1.165) is 11.3 Å². The molecule has 3 rings (SSSR count). The maximum absolute atomic E-state index is 12.5. The van der Waals surface area contributed by atoms with Crippen molar-refractivity contribution in [2.45, 2.75) is 33.2 Å². The van der Waals surface area contributed by atoms with Crippen molar-refractivity contribution in [3.05, 3.63) is 52.5 Å². The van der Waals surface area contributed by atoms with Crippen LogP contribution in [0.25, 0.3) is 11.4 Å². The van der Waals surface area contributed by atoms with E-state index < -0.39 is 0 Å². The molecule has 0 aliphatic heterocycles. The van der Waals surface area contributed by atoms with Crippen molar-refractivity contribution in [1.29, 1.82) is 0 Å². The van der Waals surface area contributed by atoms with Gasteiger partial charge in [0.25, 0.3) is 0 Å². The van der Waals surface area contributed by atoms with Crippen LogP contribution in [0.15, 0.2) is 46.3 Å². The van der Waals surface area contributed by atoms with Crippen LogP contribution in [0.3, 0.4) is 0 Å². The van der Waals surface area contributed by atoms with Crippen LogP contribution < -0.4 is 4.74 Å². The van der Waals surface area contributed by atoms with Crippen LogP contribution in [0, 0.1) is 0 Å². The number of aromatic nitrogens is 2. The number of carbonyl (C=O) groups is 1. The number of thiophene rings is 1. The zero-order valence-electron chi connectivity index (χ0n) is 15.6. The summed E-state index contributed by atoms with van der Waals surface area (Å²) in [5, 5.41) is 6.04. The average Bonchev–Trinajstić information content (AvgIpc) is 3.37. The van der Waals surface area contributed by atoms with Crippen molar-refractivity contribution in [2.75, 3.05) is 13.2 Å². The van der Waals surface area contributed by atoms with Gasteiger partial charge >= 0.3 is 0 Å². The normalized spacial score (nSPS) is 10.7. The Morgan fingerprint density at radius 1 is 1.22 bits per heavy atom. The predicted molar refractivity (Wildman–Crippen MR) is 105 cm³/mol. The molecular formula is C20H23N3O3S. The lowest BCUT2D eigenvalue weighted by molar-refractivity contribution is -0.131. The van der Waals surface area contributed by atoms with Gasteiger partial charge in [-0.1, -0.05) is 11.2 Å². The Morgan fingerprint density at radius 2 is 2.04 bits per heavy atom. The summed E-state index contributed by atoms with van der Waals surface area (Å²) in [4.78, 5) is 19.9. The van der Waals surface area contributed by atoms with Crippen molar-refractivity contribution in [1.82, 2.24) is 15.0 Å². The lowest BCUT2D eigenvalue weighted by atomic mass is 10.2. The molecule has 6 nitrogen and oxygen atoms in total. The first kappa shape index (κ1) is 19.1. The van der Waals surface area contributed by atoms with Crippen LogP contribution in [-0.2, 0) is 17.8 Å². The second-order valence-electron chi connectivity index (χ2n) is 5.96. The highest BCUT2D eigenvalue weighted by molar-refractivity contribution is 7.09. The minimum absolute atomic E-state index is 0.0896. The summed E-state index contributed by atoms with van der Waals surface area (Å²) in [5.41, 5.74) is 0.854. The second kappa shape index (κ2) is 9.32. The number of amides is 1. The first-order valence-corrected chi connectivity index (χ1v) is 9.93. The van der Waals surface area contributed by atoms with Gasteiger partial charge in [-0.3, -0.25) is 4.79 Å². The number of hydrogen-bond acceptors (Lipinski definition) is 6. The molecule has 2 aromatic heterocycles. The Kier molecular flexibility index (Phi) is 6.59. The molecule has 0 saturated heterocycles. The fraction of sp³-hybridized carbons (Fsp3) is 0.350. The van der Waals surface area contributed by atoms with Crippen LogP contribution in [0.2, 0.25) is 0 Å². The second-order valence-corrected chi connectivity index (χ2v) is 6.99. The molecule has 1 amide bonds. The van der Waals surface area contributed by atoms with Gasteiger partial charge in [0.15, 0.2) is 0 Å². The smallest absolute Gasteiger partial charge is 0.227 e. The largest absolute Gasteiger partial charge is 0.494 e. The summed E-state index contributed by atoms with van der Waals surface area (Å²) in [7, 11) is 0. The maximum Gasteiger partial charge on any atom is 0.227 e. The van der Waals surface area contributed by atoms with E-state index in [1.165, 1.54) is 4.88 Å². The first-order chi connectivity index (χ1) is 13.2. The van der Waals surface area contributed by atoms with Gasteiger partial charge in [-0.05, 0) is 49.6 Å². The molecule has 3 aromatic rings. The minimum atomic E-state index is 0.0896. The molecule has 0 atom stereocenters. The molecule has 0 spiro atoms. The molecule has 142 valence electrons. The van der Waals surface area contributed by atoms with Gasteiger partial charge in [0, 0.05) is 29.8 Å². The molecule has 0 fully saturated rings. The molecule has 0 aliphatic carbocycles. The van der Waals surface area contributed by atoms with Crippen molar-refractivity contribution >= 4 is 17.2 Å². The monoisotopic (exact) mass is 385 g/mol. The molecule has 0 saturated carbocycles. The third-order valence-electron chi connectivity index (χ3n) is 4.11. The zero-order chi connectivity index (χ0) is 19.1. The van der Waals surface area contributed by atoms with Crippen molar-refractivity contribution < 1.29 is 14.1 Å². The summed E-state index contributed by atoms with van der Waals surface area (Å²) in [5.74, 6) is 1.89. The Balaban J connectivity index is 1.56. The van der Waals surface area contributed by atoms with Gasteiger partial charge in [0.05, 0.1) is 13.2 Å². The quantitative estimate of drug-likeness (QED) is 0.553. The topological polar surface area (TPSA) is 68.5 Å². The highest BCUT2D eigenvalue weighted by Crippen LogP contribution is 2.20. The Hall–Kier alpha value is -2.67. The van der Waals surface area contributed by atoms with Crippen LogP contribution in [0.4, 0.5) is 0 Å². The molecule has 2 heterocycles. The van der Waals surface area contributed by atoms with E-state index in [-0.39, 0.29) is 5.91 Å². The van der Waals surface area contributed by atoms with Crippen molar-refractivity contribution in [3.8, 4) is 17.1 Å². The highest BCUT2D eigenvalue weighted by atomic mass is 32.1. The molecule has 7 heteroatoms. The zero-order valence-corrected chi connectivity index (χ0v) is 16.4. The lowest BCUT2D eigenvalue weighted by Gasteiger charge is -2.19. The number of carbonyl (C=O) groups excluding carboxylic acids is 1. The number of rotatable bonds is 9. The van der Waals surface area contributed by atoms with Crippen LogP contribution >= 0.6 is 11.3 Å². The predicted octanol–water partition coefficient (Wildman–Crippen LogP) is 4.18. The number of ether oxygens (including phenoxy) is 1. The van der Waals surface area contributed by atoms with E-state index in [1.54, 1.807) is 11.3 Å². The molecule has 0 aliphatic rings. The van der Waals surface area contributed by atoms with E-state index in [2.05, 4.69) is 10.1 Å². The first-order valence-electron chi connectivity index (χ1n) is 9.05. The molecule has 0 N–H and O–H groups in total.